The van der Waals surface area contributed by atoms with Gasteiger partial charge >= 0.3 is 0 Å². The summed E-state index contributed by atoms with van der Waals surface area (Å²) in [6.07, 6.45) is 2.01. The maximum atomic E-state index is 12.5. The number of methoxy groups -OCH3 is 2. The highest BCUT2D eigenvalue weighted by atomic mass is 16.5. The first kappa shape index (κ1) is 25.7. The van der Waals surface area contributed by atoms with Crippen LogP contribution < -0.4 is 15.4 Å². The molecule has 7 nitrogen and oxygen atoms in total. The molecule has 0 atom stereocenters. The lowest BCUT2D eigenvalue weighted by molar-refractivity contribution is -0.115. The number of rotatable bonds is 8. The number of fused-ring (bicyclic) bond motifs is 1. The van der Waals surface area contributed by atoms with Gasteiger partial charge in [-0.1, -0.05) is 27.4 Å². The van der Waals surface area contributed by atoms with E-state index in [1.165, 1.54) is 0 Å². The lowest BCUT2D eigenvalue weighted by Gasteiger charge is -2.21. The summed E-state index contributed by atoms with van der Waals surface area (Å²) in [5, 5.41) is 7.19. The molecule has 1 aromatic heterocycles. The average molecular weight is 475 g/mol. The molecule has 1 amide bonds. The molecule has 0 fully saturated rings. The molecule has 35 heavy (non-hydrogen) atoms. The molecule has 0 spiro atoms. The van der Waals surface area contributed by atoms with Crippen molar-refractivity contribution in [3.63, 3.8) is 0 Å². The fourth-order valence-electron chi connectivity index (χ4n) is 3.70. The number of aryl methyl sites for hydroxylation is 2. The van der Waals surface area contributed by atoms with Crippen LogP contribution in [0.4, 0.5) is 17.2 Å². The number of nitrogens with one attached hydrogen (secondary N) is 2. The molecular weight excluding hydrogens is 440 g/mol. The van der Waals surface area contributed by atoms with Crippen LogP contribution in [0.3, 0.4) is 0 Å². The van der Waals surface area contributed by atoms with Crippen molar-refractivity contribution in [3.05, 3.63) is 71.8 Å². The number of hydrogen-bond donors (Lipinski definition) is 2. The summed E-state index contributed by atoms with van der Waals surface area (Å²) in [7, 11) is 3.28. The monoisotopic (exact) mass is 474 g/mol. The molecule has 0 aliphatic heterocycles. The van der Waals surface area contributed by atoms with Gasteiger partial charge in [0.25, 0.3) is 0 Å². The molecule has 1 heterocycles. The highest BCUT2D eigenvalue weighted by Crippen LogP contribution is 2.30. The minimum Gasteiger partial charge on any atom is -0.501 e. The van der Waals surface area contributed by atoms with E-state index in [1.54, 1.807) is 14.2 Å². The molecule has 2 aromatic carbocycles. The Bertz CT molecular complexity index is 1270. The van der Waals surface area contributed by atoms with Gasteiger partial charge in [0.15, 0.2) is 0 Å². The second kappa shape index (κ2) is 10.6. The van der Waals surface area contributed by atoms with Crippen molar-refractivity contribution in [2.45, 2.75) is 41.0 Å². The zero-order valence-corrected chi connectivity index (χ0v) is 21.6. The van der Waals surface area contributed by atoms with Gasteiger partial charge in [0.1, 0.15) is 23.2 Å². The largest absolute Gasteiger partial charge is 0.501 e. The van der Waals surface area contributed by atoms with Gasteiger partial charge in [0, 0.05) is 28.2 Å². The van der Waals surface area contributed by atoms with Crippen molar-refractivity contribution in [1.82, 2.24) is 9.97 Å². The quantitative estimate of drug-likeness (QED) is 0.288. The molecule has 2 N–H and O–H groups in total. The van der Waals surface area contributed by atoms with Gasteiger partial charge in [-0.05, 0) is 61.4 Å². The van der Waals surface area contributed by atoms with Gasteiger partial charge in [0.05, 0.1) is 26.2 Å². The zero-order valence-electron chi connectivity index (χ0n) is 21.6. The molecule has 7 heteroatoms. The topological polar surface area (TPSA) is 85.4 Å². The van der Waals surface area contributed by atoms with Crippen molar-refractivity contribution in [3.8, 4) is 5.75 Å². The highest BCUT2D eigenvalue weighted by Gasteiger charge is 2.18. The van der Waals surface area contributed by atoms with Crippen molar-refractivity contribution in [2.24, 2.45) is 5.41 Å². The van der Waals surface area contributed by atoms with Crippen molar-refractivity contribution < 1.29 is 14.3 Å². The molecule has 0 saturated heterocycles. The Labute approximate surface area is 207 Å². The predicted octanol–water partition coefficient (Wildman–Crippen LogP) is 6.46. The van der Waals surface area contributed by atoms with E-state index in [1.807, 2.05) is 56.3 Å². The molecule has 0 aliphatic rings. The van der Waals surface area contributed by atoms with Gasteiger partial charge in [-0.3, -0.25) is 4.79 Å². The molecule has 0 bridgehead atoms. The number of carbonyl (C=O) groups excluding carboxylic acids is 1. The molecule has 3 aromatic rings. The third-order valence-electron chi connectivity index (χ3n) is 5.44. The summed E-state index contributed by atoms with van der Waals surface area (Å²) in [5.41, 5.74) is 3.89. The second-order valence-corrected chi connectivity index (χ2v) is 9.51. The molecular formula is C28H34N4O3. The van der Waals surface area contributed by atoms with E-state index >= 15 is 0 Å². The summed E-state index contributed by atoms with van der Waals surface area (Å²) in [4.78, 5) is 21.6. The van der Waals surface area contributed by atoms with Gasteiger partial charge in [0.2, 0.25) is 5.91 Å². The van der Waals surface area contributed by atoms with Crippen LogP contribution in [0.1, 0.15) is 38.6 Å². The van der Waals surface area contributed by atoms with E-state index in [4.69, 9.17) is 9.47 Å². The van der Waals surface area contributed by atoms with Crippen LogP contribution in [-0.4, -0.2) is 30.1 Å². The Hall–Kier alpha value is -3.87. The first-order valence-electron chi connectivity index (χ1n) is 11.4. The van der Waals surface area contributed by atoms with Gasteiger partial charge in [-0.25, -0.2) is 9.97 Å². The van der Waals surface area contributed by atoms with Crippen molar-refractivity contribution in [1.29, 1.82) is 0 Å². The van der Waals surface area contributed by atoms with Crippen LogP contribution in [0.5, 0.6) is 5.75 Å². The molecule has 0 unspecified atom stereocenters. The number of hydrogen-bond acceptors (Lipinski definition) is 6. The number of carbonyl (C=O) groups is 1. The van der Waals surface area contributed by atoms with E-state index in [-0.39, 0.29) is 17.7 Å². The molecule has 0 aliphatic carbocycles. The Morgan fingerprint density at radius 2 is 1.71 bits per heavy atom. The minimum absolute atomic E-state index is 0.141. The lowest BCUT2D eigenvalue weighted by Crippen LogP contribution is -2.14. The number of benzene rings is 2. The zero-order chi connectivity index (χ0) is 25.8. The molecule has 0 radical (unpaired) electrons. The maximum Gasteiger partial charge on any atom is 0.228 e. The van der Waals surface area contributed by atoms with E-state index in [0.717, 1.165) is 33.7 Å². The number of ether oxygens (including phenoxy) is 2. The highest BCUT2D eigenvalue weighted by molar-refractivity contribution is 5.94. The van der Waals surface area contributed by atoms with Crippen LogP contribution in [0.15, 0.2) is 60.4 Å². The first-order valence-corrected chi connectivity index (χ1v) is 11.4. The number of aromatic nitrogens is 2. The summed E-state index contributed by atoms with van der Waals surface area (Å²) in [6.45, 7) is 14.0. The Balaban J connectivity index is 1.70. The summed E-state index contributed by atoms with van der Waals surface area (Å²) < 4.78 is 10.9. The third-order valence-corrected chi connectivity index (χ3v) is 5.44. The van der Waals surface area contributed by atoms with Gasteiger partial charge in [-0.2, -0.15) is 0 Å². The van der Waals surface area contributed by atoms with Crippen LogP contribution in [0.25, 0.3) is 10.9 Å². The van der Waals surface area contributed by atoms with Crippen LogP contribution in [0, 0.1) is 19.3 Å². The average Bonchev–Trinajstić information content (AvgIpc) is 2.78. The minimum atomic E-state index is -0.157. The molecule has 3 rings (SSSR count). The first-order chi connectivity index (χ1) is 16.5. The number of anilines is 3. The standard InChI is InChI=1S/C28H34N4O3/c1-17(13-25(35-8)28(4,5)6)14-26(33)31-20-9-11-21(12-10-20)32-27-22-15-18(2)24(34-7)16-23(22)29-19(3)30-27/h9-13,15-16H,1,14H2,2-8H3,(H,31,33)(H,29,30,32)/b25-13-. The number of amides is 1. The Morgan fingerprint density at radius 1 is 1.06 bits per heavy atom. The van der Waals surface area contributed by atoms with Crippen LogP contribution in [0.2, 0.25) is 0 Å². The van der Waals surface area contributed by atoms with Gasteiger partial charge < -0.3 is 20.1 Å². The van der Waals surface area contributed by atoms with Crippen LogP contribution >= 0.6 is 0 Å². The third kappa shape index (κ3) is 6.59. The fraction of sp³-hybridized carbons (Fsp3) is 0.321. The smallest absolute Gasteiger partial charge is 0.228 e. The lowest BCUT2D eigenvalue weighted by atomic mass is 9.92. The second-order valence-electron chi connectivity index (χ2n) is 9.51. The summed E-state index contributed by atoms with van der Waals surface area (Å²) in [6, 6.07) is 11.4. The van der Waals surface area contributed by atoms with Crippen molar-refractivity contribution in [2.75, 3.05) is 24.9 Å². The molecule has 0 saturated carbocycles. The number of allylic oxidation sites excluding steroid dienone is 2. The summed E-state index contributed by atoms with van der Waals surface area (Å²) in [5.74, 6) is 2.81. The Morgan fingerprint density at radius 3 is 2.31 bits per heavy atom. The normalized spacial score (nSPS) is 11.8. The van der Waals surface area contributed by atoms with E-state index in [2.05, 4.69) is 48.0 Å². The van der Waals surface area contributed by atoms with E-state index in [0.29, 0.717) is 22.9 Å². The summed E-state index contributed by atoms with van der Waals surface area (Å²) >= 11 is 0. The molecule has 184 valence electrons. The van der Waals surface area contributed by atoms with Crippen LogP contribution in [-0.2, 0) is 9.53 Å². The number of nitrogens with zero attached hydrogens (tertiary/aromatic N) is 2. The van der Waals surface area contributed by atoms with Crippen molar-refractivity contribution >= 4 is 34.0 Å². The predicted molar refractivity (Wildman–Crippen MR) is 142 cm³/mol. The fourth-order valence-corrected chi connectivity index (χ4v) is 3.70. The Kier molecular flexibility index (Phi) is 7.79. The van der Waals surface area contributed by atoms with E-state index < -0.39 is 0 Å². The van der Waals surface area contributed by atoms with E-state index in [9.17, 15) is 4.79 Å². The maximum absolute atomic E-state index is 12.5. The van der Waals surface area contributed by atoms with Gasteiger partial charge in [-0.15, -0.1) is 0 Å². The SMILES string of the molecule is C=C(/C=C(\OC)C(C)(C)C)CC(=O)Nc1ccc(Nc2nc(C)nc3cc(OC)c(C)cc23)cc1.